The number of ether oxygens (including phenoxy) is 2. The van der Waals surface area contributed by atoms with Crippen LogP contribution in [-0.2, 0) is 10.0 Å². The lowest BCUT2D eigenvalue weighted by atomic mass is 10.2. The van der Waals surface area contributed by atoms with Gasteiger partial charge >= 0.3 is 0 Å². The summed E-state index contributed by atoms with van der Waals surface area (Å²) in [6.07, 6.45) is 6.52. The molecule has 0 fully saturated rings. The molecule has 1 heterocycles. The minimum absolute atomic E-state index is 0.0608. The van der Waals surface area contributed by atoms with Gasteiger partial charge in [0.1, 0.15) is 0 Å². The van der Waals surface area contributed by atoms with Crippen molar-refractivity contribution in [2.75, 3.05) is 19.0 Å². The third-order valence-electron chi connectivity index (χ3n) is 4.30. The number of aryl methyl sites for hydroxylation is 1. The van der Waals surface area contributed by atoms with E-state index < -0.39 is 15.9 Å². The molecule has 0 saturated carbocycles. The van der Waals surface area contributed by atoms with E-state index in [1.807, 2.05) is 19.1 Å². The smallest absolute Gasteiger partial charge is 0.255 e. The van der Waals surface area contributed by atoms with Gasteiger partial charge in [0.25, 0.3) is 5.91 Å². The van der Waals surface area contributed by atoms with E-state index in [-0.39, 0.29) is 17.0 Å². The topological polar surface area (TPSA) is 107 Å². The molecule has 0 atom stereocenters. The van der Waals surface area contributed by atoms with E-state index in [1.165, 1.54) is 30.5 Å². The standard InChI is InChI=1S/C23H21N3O5S/c1-4-12-25-32(28,29)19-7-5-6-17(14-19)23(27)26-18-9-11-22(24-15-18)31-20-10-8-16(2)13-21(20)30-3/h1,5-11,13-15,25H,12H2,2-3H3,(H,26,27). The number of hydrogen-bond donors (Lipinski definition) is 2. The SMILES string of the molecule is C#CCNS(=O)(=O)c1cccc(C(=O)Nc2ccc(Oc3ccc(C)cc3OC)nc2)c1. The Kier molecular flexibility index (Phi) is 7.10. The molecule has 3 aromatic rings. The largest absolute Gasteiger partial charge is 0.493 e. The number of hydrogen-bond acceptors (Lipinski definition) is 6. The van der Waals surface area contributed by atoms with Gasteiger partial charge in [0.2, 0.25) is 15.9 Å². The molecular weight excluding hydrogens is 430 g/mol. The Morgan fingerprint density at radius 1 is 1.12 bits per heavy atom. The minimum Gasteiger partial charge on any atom is -0.493 e. The number of methoxy groups -OCH3 is 1. The Morgan fingerprint density at radius 3 is 2.62 bits per heavy atom. The molecule has 1 aromatic heterocycles. The fourth-order valence-corrected chi connectivity index (χ4v) is 3.69. The van der Waals surface area contributed by atoms with Crippen LogP contribution in [0.5, 0.6) is 17.4 Å². The predicted octanol–water partition coefficient (Wildman–Crippen LogP) is 3.35. The maximum atomic E-state index is 12.6. The lowest BCUT2D eigenvalue weighted by molar-refractivity contribution is 0.102. The first-order chi connectivity index (χ1) is 15.3. The minimum atomic E-state index is -3.81. The highest BCUT2D eigenvalue weighted by atomic mass is 32.2. The van der Waals surface area contributed by atoms with Crippen LogP contribution in [0.25, 0.3) is 0 Å². The number of rotatable bonds is 8. The average Bonchev–Trinajstić information content (AvgIpc) is 2.80. The number of anilines is 1. The second kappa shape index (κ2) is 9.96. The molecule has 2 N–H and O–H groups in total. The zero-order valence-electron chi connectivity index (χ0n) is 17.5. The van der Waals surface area contributed by atoms with Gasteiger partial charge in [0.15, 0.2) is 11.5 Å². The fraction of sp³-hybridized carbons (Fsp3) is 0.130. The number of amides is 1. The van der Waals surface area contributed by atoms with Crippen LogP contribution >= 0.6 is 0 Å². The van der Waals surface area contributed by atoms with Crippen LogP contribution in [0.3, 0.4) is 0 Å². The number of nitrogens with one attached hydrogen (secondary N) is 2. The highest BCUT2D eigenvalue weighted by molar-refractivity contribution is 7.89. The Morgan fingerprint density at radius 2 is 1.94 bits per heavy atom. The van der Waals surface area contributed by atoms with Crippen LogP contribution in [0.1, 0.15) is 15.9 Å². The van der Waals surface area contributed by atoms with E-state index in [9.17, 15) is 13.2 Å². The third-order valence-corrected chi connectivity index (χ3v) is 5.70. The molecule has 8 nitrogen and oxygen atoms in total. The normalized spacial score (nSPS) is 10.8. The highest BCUT2D eigenvalue weighted by Crippen LogP contribution is 2.31. The van der Waals surface area contributed by atoms with E-state index in [2.05, 4.69) is 20.9 Å². The molecule has 0 bridgehead atoms. The van der Waals surface area contributed by atoms with Crippen molar-refractivity contribution in [3.63, 3.8) is 0 Å². The predicted molar refractivity (Wildman–Crippen MR) is 120 cm³/mol. The van der Waals surface area contributed by atoms with Crippen molar-refractivity contribution in [3.8, 4) is 29.7 Å². The van der Waals surface area contributed by atoms with Gasteiger partial charge < -0.3 is 14.8 Å². The monoisotopic (exact) mass is 451 g/mol. The first kappa shape index (κ1) is 22.8. The van der Waals surface area contributed by atoms with Crippen molar-refractivity contribution in [2.45, 2.75) is 11.8 Å². The molecule has 0 aliphatic carbocycles. The summed E-state index contributed by atoms with van der Waals surface area (Å²) in [6.45, 7) is 1.80. The van der Waals surface area contributed by atoms with Crippen LogP contribution in [0.15, 0.2) is 65.7 Å². The summed E-state index contributed by atoms with van der Waals surface area (Å²) in [5.74, 6) is 3.12. The van der Waals surface area contributed by atoms with E-state index in [1.54, 1.807) is 25.3 Å². The zero-order chi connectivity index (χ0) is 23.1. The molecule has 2 aromatic carbocycles. The maximum Gasteiger partial charge on any atom is 0.255 e. The molecule has 0 aliphatic rings. The van der Waals surface area contributed by atoms with Crippen LogP contribution < -0.4 is 19.5 Å². The summed E-state index contributed by atoms with van der Waals surface area (Å²) < 4.78 is 37.7. The summed E-state index contributed by atoms with van der Waals surface area (Å²) in [7, 11) is -2.25. The van der Waals surface area contributed by atoms with Gasteiger partial charge in [-0.15, -0.1) is 6.42 Å². The second-order valence-corrected chi connectivity index (χ2v) is 8.42. The summed E-state index contributed by atoms with van der Waals surface area (Å²) in [5.41, 5.74) is 1.61. The zero-order valence-corrected chi connectivity index (χ0v) is 18.3. The van der Waals surface area contributed by atoms with Crippen LogP contribution in [0, 0.1) is 19.3 Å². The van der Waals surface area contributed by atoms with Crippen molar-refractivity contribution in [2.24, 2.45) is 0 Å². The molecule has 0 spiro atoms. The first-order valence-electron chi connectivity index (χ1n) is 9.45. The molecule has 164 valence electrons. The average molecular weight is 452 g/mol. The maximum absolute atomic E-state index is 12.6. The lowest BCUT2D eigenvalue weighted by Crippen LogP contribution is -2.24. The molecule has 32 heavy (non-hydrogen) atoms. The van der Waals surface area contributed by atoms with Crippen LogP contribution in [-0.4, -0.2) is 33.0 Å². The van der Waals surface area contributed by atoms with Gasteiger partial charge in [0.05, 0.1) is 30.4 Å². The quantitative estimate of drug-likeness (QED) is 0.509. The molecule has 0 aliphatic heterocycles. The molecule has 0 unspecified atom stereocenters. The van der Waals surface area contributed by atoms with E-state index in [0.29, 0.717) is 23.1 Å². The first-order valence-corrected chi connectivity index (χ1v) is 10.9. The molecule has 9 heteroatoms. The number of terminal acetylenes is 1. The van der Waals surface area contributed by atoms with Gasteiger partial charge in [-0.3, -0.25) is 4.79 Å². The van der Waals surface area contributed by atoms with Gasteiger partial charge in [-0.25, -0.2) is 13.4 Å². The Hall–Kier alpha value is -3.87. The highest BCUT2D eigenvalue weighted by Gasteiger charge is 2.16. The summed E-state index contributed by atoms with van der Waals surface area (Å²) in [5, 5.41) is 2.67. The third kappa shape index (κ3) is 5.63. The van der Waals surface area contributed by atoms with Crippen LogP contribution in [0.2, 0.25) is 0 Å². The Labute approximate surface area is 186 Å². The number of carbonyl (C=O) groups excluding carboxylic acids is 1. The summed E-state index contributed by atoms with van der Waals surface area (Å²) in [4.78, 5) is 16.7. The van der Waals surface area contributed by atoms with E-state index >= 15 is 0 Å². The number of aromatic nitrogens is 1. The van der Waals surface area contributed by atoms with Crippen molar-refractivity contribution in [1.29, 1.82) is 0 Å². The number of benzene rings is 2. The van der Waals surface area contributed by atoms with E-state index in [0.717, 1.165) is 5.56 Å². The number of nitrogens with zero attached hydrogens (tertiary/aromatic N) is 1. The van der Waals surface area contributed by atoms with Crippen molar-refractivity contribution in [3.05, 3.63) is 71.9 Å². The van der Waals surface area contributed by atoms with Gasteiger partial charge in [0, 0.05) is 11.6 Å². The van der Waals surface area contributed by atoms with Gasteiger partial charge in [-0.2, -0.15) is 4.72 Å². The molecule has 3 rings (SSSR count). The second-order valence-electron chi connectivity index (χ2n) is 6.65. The van der Waals surface area contributed by atoms with Crippen molar-refractivity contribution < 1.29 is 22.7 Å². The van der Waals surface area contributed by atoms with Crippen LogP contribution in [0.4, 0.5) is 5.69 Å². The molecule has 0 saturated heterocycles. The number of pyridine rings is 1. The van der Waals surface area contributed by atoms with Gasteiger partial charge in [-0.05, 0) is 48.9 Å². The summed E-state index contributed by atoms with van der Waals surface area (Å²) >= 11 is 0. The van der Waals surface area contributed by atoms with Crippen molar-refractivity contribution >= 4 is 21.6 Å². The van der Waals surface area contributed by atoms with Crippen molar-refractivity contribution in [1.82, 2.24) is 9.71 Å². The Balaban J connectivity index is 1.70. The molecule has 1 amide bonds. The van der Waals surface area contributed by atoms with E-state index in [4.69, 9.17) is 15.9 Å². The summed E-state index contributed by atoms with van der Waals surface area (Å²) in [6, 6.07) is 14.4. The van der Waals surface area contributed by atoms with Gasteiger partial charge in [-0.1, -0.05) is 18.1 Å². The fourth-order valence-electron chi connectivity index (χ4n) is 2.71. The molecular formula is C23H21N3O5S. The number of carbonyl (C=O) groups is 1. The Bertz CT molecular complexity index is 1270. The lowest BCUT2D eigenvalue weighted by Gasteiger charge is -2.11. The molecule has 0 radical (unpaired) electrons. The number of sulfonamides is 1.